The third-order valence-electron chi connectivity index (χ3n) is 4.18. The standard InChI is InChI=1S/C22H21NO4/c1-14-13-19(15(2)26-14)22(25)27-16(3)21(24)23-20-12-8-7-11-18(20)17-9-5-4-6-10-17/h4-13,16H,1-3H3,(H,23,24)/t16-/m1/s1. The number of benzene rings is 2. The molecular weight excluding hydrogens is 342 g/mol. The molecule has 3 rings (SSSR count). The Hall–Kier alpha value is -3.34. The van der Waals surface area contributed by atoms with Gasteiger partial charge in [0.05, 0.1) is 0 Å². The molecule has 0 spiro atoms. The highest BCUT2D eigenvalue weighted by atomic mass is 16.5. The summed E-state index contributed by atoms with van der Waals surface area (Å²) in [5.41, 5.74) is 2.87. The zero-order valence-electron chi connectivity index (χ0n) is 15.5. The van der Waals surface area contributed by atoms with E-state index in [0.717, 1.165) is 11.1 Å². The van der Waals surface area contributed by atoms with Crippen molar-refractivity contribution in [3.05, 3.63) is 77.7 Å². The van der Waals surface area contributed by atoms with Crippen molar-refractivity contribution >= 4 is 17.6 Å². The molecule has 0 saturated carbocycles. The first-order chi connectivity index (χ1) is 13.0. The second-order valence-corrected chi connectivity index (χ2v) is 6.28. The van der Waals surface area contributed by atoms with Gasteiger partial charge >= 0.3 is 5.97 Å². The van der Waals surface area contributed by atoms with Gasteiger partial charge in [-0.05, 0) is 38.5 Å². The van der Waals surface area contributed by atoms with Crippen LogP contribution in [0.5, 0.6) is 0 Å². The number of anilines is 1. The van der Waals surface area contributed by atoms with E-state index in [4.69, 9.17) is 9.15 Å². The monoisotopic (exact) mass is 363 g/mol. The van der Waals surface area contributed by atoms with Crippen LogP contribution in [0.1, 0.15) is 28.8 Å². The van der Waals surface area contributed by atoms with E-state index in [1.54, 1.807) is 26.8 Å². The van der Waals surface area contributed by atoms with Gasteiger partial charge in [-0.25, -0.2) is 4.79 Å². The van der Waals surface area contributed by atoms with E-state index in [2.05, 4.69) is 5.32 Å². The van der Waals surface area contributed by atoms with Crippen LogP contribution in [-0.2, 0) is 9.53 Å². The van der Waals surface area contributed by atoms with Crippen molar-refractivity contribution in [2.45, 2.75) is 26.9 Å². The van der Waals surface area contributed by atoms with Crippen molar-refractivity contribution in [2.24, 2.45) is 0 Å². The van der Waals surface area contributed by atoms with Crippen molar-refractivity contribution in [3.63, 3.8) is 0 Å². The summed E-state index contributed by atoms with van der Waals surface area (Å²) in [6.07, 6.45) is -0.948. The summed E-state index contributed by atoms with van der Waals surface area (Å²) < 4.78 is 10.6. The lowest BCUT2D eigenvalue weighted by Gasteiger charge is -2.15. The van der Waals surface area contributed by atoms with Gasteiger partial charge in [0.2, 0.25) is 0 Å². The van der Waals surface area contributed by atoms with Crippen molar-refractivity contribution in [1.82, 2.24) is 0 Å². The van der Waals surface area contributed by atoms with E-state index < -0.39 is 18.0 Å². The summed E-state index contributed by atoms with van der Waals surface area (Å²) in [5.74, 6) is 0.112. The van der Waals surface area contributed by atoms with E-state index in [0.29, 0.717) is 22.8 Å². The summed E-state index contributed by atoms with van der Waals surface area (Å²) in [6, 6.07) is 18.9. The van der Waals surface area contributed by atoms with E-state index in [-0.39, 0.29) is 0 Å². The van der Waals surface area contributed by atoms with Crippen molar-refractivity contribution in [3.8, 4) is 11.1 Å². The molecule has 0 bridgehead atoms. The second kappa shape index (κ2) is 7.91. The number of carbonyl (C=O) groups is 2. The van der Waals surface area contributed by atoms with Gasteiger partial charge in [-0.2, -0.15) is 0 Å². The Bertz CT molecular complexity index is 959. The minimum Gasteiger partial charge on any atom is -0.466 e. The molecule has 5 heteroatoms. The first kappa shape index (κ1) is 18.5. The molecule has 0 aliphatic heterocycles. The fourth-order valence-corrected chi connectivity index (χ4v) is 2.81. The van der Waals surface area contributed by atoms with Gasteiger partial charge in [-0.1, -0.05) is 48.5 Å². The molecule has 0 unspecified atom stereocenters. The third-order valence-corrected chi connectivity index (χ3v) is 4.18. The number of ether oxygens (including phenoxy) is 1. The predicted octanol–water partition coefficient (Wildman–Crippen LogP) is 4.75. The molecular formula is C22H21NO4. The summed E-state index contributed by atoms with van der Waals surface area (Å²) in [5, 5.41) is 2.85. The molecule has 0 saturated heterocycles. The van der Waals surface area contributed by atoms with Gasteiger partial charge in [0, 0.05) is 11.3 Å². The number of furan rings is 1. The predicted molar refractivity (Wildman–Crippen MR) is 104 cm³/mol. The third kappa shape index (κ3) is 4.26. The molecule has 138 valence electrons. The molecule has 0 fully saturated rings. The Morgan fingerprint density at radius 2 is 1.67 bits per heavy atom. The highest BCUT2D eigenvalue weighted by molar-refractivity contribution is 6.00. The summed E-state index contributed by atoms with van der Waals surface area (Å²) in [4.78, 5) is 24.8. The molecule has 1 amide bonds. The highest BCUT2D eigenvalue weighted by Crippen LogP contribution is 2.27. The number of hydrogen-bond acceptors (Lipinski definition) is 4. The van der Waals surface area contributed by atoms with Crippen molar-refractivity contribution in [2.75, 3.05) is 5.32 Å². The van der Waals surface area contributed by atoms with Crippen LogP contribution in [-0.4, -0.2) is 18.0 Å². The minimum absolute atomic E-state index is 0.330. The number of para-hydroxylation sites is 1. The lowest BCUT2D eigenvalue weighted by atomic mass is 10.0. The molecule has 1 aromatic heterocycles. The largest absolute Gasteiger partial charge is 0.466 e. The summed E-state index contributed by atoms with van der Waals surface area (Å²) in [6.45, 7) is 4.98. The number of hydrogen-bond donors (Lipinski definition) is 1. The summed E-state index contributed by atoms with van der Waals surface area (Å²) in [7, 11) is 0. The van der Waals surface area contributed by atoms with Gasteiger partial charge in [-0.15, -0.1) is 0 Å². The molecule has 2 aromatic carbocycles. The van der Waals surface area contributed by atoms with Crippen LogP contribution in [0.25, 0.3) is 11.1 Å². The van der Waals surface area contributed by atoms with Crippen LogP contribution < -0.4 is 5.32 Å². The number of rotatable bonds is 5. The van der Waals surface area contributed by atoms with Gasteiger partial charge in [0.25, 0.3) is 5.91 Å². The first-order valence-corrected chi connectivity index (χ1v) is 8.69. The Balaban J connectivity index is 1.72. The second-order valence-electron chi connectivity index (χ2n) is 6.28. The van der Waals surface area contributed by atoms with Crippen LogP contribution in [0.4, 0.5) is 5.69 Å². The van der Waals surface area contributed by atoms with Gasteiger partial charge < -0.3 is 14.5 Å². The fourth-order valence-electron chi connectivity index (χ4n) is 2.81. The quantitative estimate of drug-likeness (QED) is 0.664. The first-order valence-electron chi connectivity index (χ1n) is 8.69. The van der Waals surface area contributed by atoms with Crippen LogP contribution in [0.3, 0.4) is 0 Å². The topological polar surface area (TPSA) is 68.5 Å². The minimum atomic E-state index is -0.948. The van der Waals surface area contributed by atoms with Gasteiger partial charge in [0.15, 0.2) is 6.10 Å². The Kier molecular flexibility index (Phi) is 5.41. The number of nitrogens with one attached hydrogen (secondary N) is 1. The number of amides is 1. The number of carbonyl (C=O) groups excluding carboxylic acids is 2. The number of aryl methyl sites for hydroxylation is 2. The van der Waals surface area contributed by atoms with Crippen LogP contribution in [0.2, 0.25) is 0 Å². The molecule has 1 atom stereocenters. The maximum atomic E-state index is 12.5. The fraction of sp³-hybridized carbons (Fsp3) is 0.182. The highest BCUT2D eigenvalue weighted by Gasteiger charge is 2.22. The lowest BCUT2D eigenvalue weighted by Crippen LogP contribution is -2.30. The molecule has 3 aromatic rings. The van der Waals surface area contributed by atoms with Crippen LogP contribution in [0.15, 0.2) is 65.1 Å². The van der Waals surface area contributed by atoms with E-state index >= 15 is 0 Å². The average molecular weight is 363 g/mol. The maximum Gasteiger partial charge on any atom is 0.342 e. The van der Waals surface area contributed by atoms with E-state index in [1.807, 2.05) is 54.6 Å². The maximum absolute atomic E-state index is 12.5. The number of esters is 1. The van der Waals surface area contributed by atoms with Crippen LogP contribution >= 0.6 is 0 Å². The lowest BCUT2D eigenvalue weighted by molar-refractivity contribution is -0.123. The molecule has 0 radical (unpaired) electrons. The smallest absolute Gasteiger partial charge is 0.342 e. The van der Waals surface area contributed by atoms with Crippen LogP contribution in [0, 0.1) is 13.8 Å². The van der Waals surface area contributed by atoms with Gasteiger partial charge in [0.1, 0.15) is 17.1 Å². The summed E-state index contributed by atoms with van der Waals surface area (Å²) >= 11 is 0. The zero-order valence-corrected chi connectivity index (χ0v) is 15.5. The molecule has 1 heterocycles. The normalized spacial score (nSPS) is 11.7. The Morgan fingerprint density at radius 1 is 1.00 bits per heavy atom. The molecule has 0 aliphatic carbocycles. The Labute approximate surface area is 158 Å². The molecule has 5 nitrogen and oxygen atoms in total. The van der Waals surface area contributed by atoms with E-state index in [9.17, 15) is 9.59 Å². The average Bonchev–Trinajstić information content (AvgIpc) is 3.01. The molecule has 1 N–H and O–H groups in total. The van der Waals surface area contributed by atoms with Crippen molar-refractivity contribution < 1.29 is 18.7 Å². The van der Waals surface area contributed by atoms with E-state index in [1.165, 1.54) is 0 Å². The SMILES string of the molecule is Cc1cc(C(=O)O[C@H](C)C(=O)Nc2ccccc2-c2ccccc2)c(C)o1. The molecule has 0 aliphatic rings. The van der Waals surface area contributed by atoms with Crippen molar-refractivity contribution in [1.29, 1.82) is 0 Å². The zero-order chi connectivity index (χ0) is 19.4. The Morgan fingerprint density at radius 3 is 2.33 bits per heavy atom. The molecule has 27 heavy (non-hydrogen) atoms. The van der Waals surface area contributed by atoms with Gasteiger partial charge in [-0.3, -0.25) is 4.79 Å².